The fourth-order valence-electron chi connectivity index (χ4n) is 1.81. The summed E-state index contributed by atoms with van der Waals surface area (Å²) < 4.78 is 2.04. The highest BCUT2D eigenvalue weighted by Gasteiger charge is 2.05. The second-order valence-corrected chi connectivity index (χ2v) is 4.70. The third-order valence-electron chi connectivity index (χ3n) is 2.55. The maximum Gasteiger partial charge on any atom is 0.0481 e. The molecule has 1 heterocycles. The zero-order valence-electron chi connectivity index (χ0n) is 9.24. The molecule has 1 N–H and O–H groups in total. The number of benzene rings is 1. The van der Waals surface area contributed by atoms with Crippen LogP contribution in [0.3, 0.4) is 0 Å². The lowest BCUT2D eigenvalue weighted by Gasteiger charge is -2.09. The summed E-state index contributed by atoms with van der Waals surface area (Å²) in [5, 5.41) is 10.1. The molecule has 0 atom stereocenters. The average molecular weight is 270 g/mol. The predicted molar refractivity (Wildman–Crippen MR) is 71.2 cm³/mol. The van der Waals surface area contributed by atoms with E-state index < -0.39 is 0 Å². The molecule has 4 heteroatoms. The van der Waals surface area contributed by atoms with Gasteiger partial charge in [-0.25, -0.2) is 0 Å². The van der Waals surface area contributed by atoms with Crippen LogP contribution in [0.15, 0.2) is 36.5 Å². The monoisotopic (exact) mass is 269 g/mol. The van der Waals surface area contributed by atoms with Gasteiger partial charge in [0.15, 0.2) is 0 Å². The Morgan fingerprint density at radius 3 is 2.47 bits per heavy atom. The summed E-state index contributed by atoms with van der Waals surface area (Å²) in [6.45, 7) is 0.196. The number of nitrogens with zero attached hydrogens (tertiary/aromatic N) is 1. The third-order valence-corrected chi connectivity index (χ3v) is 2.99. The molecule has 0 radical (unpaired) electrons. The van der Waals surface area contributed by atoms with Gasteiger partial charge < -0.3 is 9.67 Å². The molecular weight excluding hydrogens is 257 g/mol. The molecule has 0 amide bonds. The van der Waals surface area contributed by atoms with Gasteiger partial charge in [-0.3, -0.25) is 0 Å². The average Bonchev–Trinajstić information content (AvgIpc) is 2.73. The minimum Gasteiger partial charge on any atom is -0.396 e. The van der Waals surface area contributed by atoms with Crippen molar-refractivity contribution < 1.29 is 5.11 Å². The Hall–Kier alpha value is -0.960. The summed E-state index contributed by atoms with van der Waals surface area (Å²) in [5.74, 6) is 0. The molecule has 1 aromatic carbocycles. The number of aromatic nitrogens is 1. The Kier molecular flexibility index (Phi) is 4.11. The van der Waals surface area contributed by atoms with Crippen molar-refractivity contribution in [2.24, 2.45) is 0 Å². The minimum absolute atomic E-state index is 0.196. The van der Waals surface area contributed by atoms with Gasteiger partial charge in [0.25, 0.3) is 0 Å². The molecule has 1 aromatic heterocycles. The lowest BCUT2D eigenvalue weighted by molar-refractivity contribution is 0.288. The first-order valence-corrected chi connectivity index (χ1v) is 6.20. The van der Waals surface area contributed by atoms with Crippen LogP contribution in [0.25, 0.3) is 5.69 Å². The van der Waals surface area contributed by atoms with Gasteiger partial charge in [0.1, 0.15) is 0 Å². The highest BCUT2D eigenvalue weighted by Crippen LogP contribution is 2.23. The summed E-state index contributed by atoms with van der Waals surface area (Å²) in [7, 11) is 0. The second-order valence-electron chi connectivity index (χ2n) is 3.82. The van der Waals surface area contributed by atoms with E-state index in [9.17, 15) is 0 Å². The molecule has 0 bridgehead atoms. The van der Waals surface area contributed by atoms with Gasteiger partial charge in [-0.15, -0.1) is 0 Å². The van der Waals surface area contributed by atoms with Crippen LogP contribution in [-0.2, 0) is 6.42 Å². The summed E-state index contributed by atoms with van der Waals surface area (Å²) in [6.07, 6.45) is 3.54. The minimum atomic E-state index is 0.196. The second kappa shape index (κ2) is 5.58. The fourth-order valence-corrected chi connectivity index (χ4v) is 2.32. The predicted octanol–water partition coefficient (Wildman–Crippen LogP) is 3.71. The van der Waals surface area contributed by atoms with E-state index in [2.05, 4.69) is 0 Å². The van der Waals surface area contributed by atoms with Gasteiger partial charge in [0.2, 0.25) is 0 Å². The Morgan fingerprint density at radius 1 is 1.12 bits per heavy atom. The maximum atomic E-state index is 8.86. The molecule has 2 aromatic rings. The van der Waals surface area contributed by atoms with E-state index in [-0.39, 0.29) is 6.61 Å². The largest absolute Gasteiger partial charge is 0.396 e. The van der Waals surface area contributed by atoms with E-state index in [0.29, 0.717) is 10.0 Å². The van der Waals surface area contributed by atoms with E-state index in [1.807, 2.05) is 35.0 Å². The zero-order valence-corrected chi connectivity index (χ0v) is 10.7. The first-order chi connectivity index (χ1) is 8.20. The molecule has 2 rings (SSSR count). The van der Waals surface area contributed by atoms with Crippen molar-refractivity contribution in [1.82, 2.24) is 4.57 Å². The molecule has 0 aliphatic heterocycles. The molecule has 0 fully saturated rings. The Labute approximate surface area is 110 Å². The summed E-state index contributed by atoms with van der Waals surface area (Å²) >= 11 is 12.0. The summed E-state index contributed by atoms with van der Waals surface area (Å²) in [6, 6.07) is 9.46. The normalized spacial score (nSPS) is 10.8. The molecule has 0 aliphatic rings. The van der Waals surface area contributed by atoms with Gasteiger partial charge in [0.05, 0.1) is 0 Å². The third kappa shape index (κ3) is 3.03. The number of hydrogen-bond donors (Lipinski definition) is 1. The first kappa shape index (κ1) is 12.5. The van der Waals surface area contributed by atoms with Crippen LogP contribution in [0.5, 0.6) is 0 Å². The number of rotatable bonds is 4. The molecule has 0 aliphatic carbocycles. The van der Waals surface area contributed by atoms with Gasteiger partial charge >= 0.3 is 0 Å². The van der Waals surface area contributed by atoms with Gasteiger partial charge in [-0.2, -0.15) is 0 Å². The fraction of sp³-hybridized carbons (Fsp3) is 0.231. The maximum absolute atomic E-state index is 8.86. The molecule has 0 unspecified atom stereocenters. The lowest BCUT2D eigenvalue weighted by Crippen LogP contribution is -2.00. The van der Waals surface area contributed by atoms with Crippen LogP contribution in [0.1, 0.15) is 12.1 Å². The molecule has 0 spiro atoms. The highest BCUT2D eigenvalue weighted by atomic mass is 35.5. The highest BCUT2D eigenvalue weighted by molar-refractivity contribution is 6.34. The molecule has 90 valence electrons. The SMILES string of the molecule is OCCCc1cccn1-c1cc(Cl)cc(Cl)c1. The van der Waals surface area contributed by atoms with Crippen LogP contribution in [-0.4, -0.2) is 16.3 Å². The van der Waals surface area contributed by atoms with Crippen molar-refractivity contribution in [3.63, 3.8) is 0 Å². The number of halogens is 2. The standard InChI is InChI=1S/C13H13Cl2NO/c14-10-7-11(15)9-13(8-10)16-5-1-3-12(16)4-2-6-17/h1,3,5,7-9,17H,2,4,6H2. The van der Waals surface area contributed by atoms with Crippen LogP contribution >= 0.6 is 23.2 Å². The number of aliphatic hydroxyl groups is 1. The van der Waals surface area contributed by atoms with E-state index in [4.69, 9.17) is 28.3 Å². The van der Waals surface area contributed by atoms with E-state index in [1.165, 1.54) is 0 Å². The van der Waals surface area contributed by atoms with Crippen molar-refractivity contribution >= 4 is 23.2 Å². The lowest BCUT2D eigenvalue weighted by atomic mass is 10.2. The Bertz CT molecular complexity index is 488. The van der Waals surface area contributed by atoms with Crippen molar-refractivity contribution in [2.45, 2.75) is 12.8 Å². The quantitative estimate of drug-likeness (QED) is 0.900. The van der Waals surface area contributed by atoms with Crippen LogP contribution in [0.4, 0.5) is 0 Å². The van der Waals surface area contributed by atoms with Crippen molar-refractivity contribution in [3.05, 3.63) is 52.3 Å². The van der Waals surface area contributed by atoms with Crippen molar-refractivity contribution in [2.75, 3.05) is 6.61 Å². The van der Waals surface area contributed by atoms with Crippen LogP contribution in [0, 0.1) is 0 Å². The van der Waals surface area contributed by atoms with Gasteiger partial charge in [0, 0.05) is 34.2 Å². The first-order valence-electron chi connectivity index (χ1n) is 5.44. The van der Waals surface area contributed by atoms with Gasteiger partial charge in [-0.1, -0.05) is 23.2 Å². The molecule has 17 heavy (non-hydrogen) atoms. The summed E-state index contributed by atoms with van der Waals surface area (Å²) in [4.78, 5) is 0. The molecule has 0 saturated heterocycles. The topological polar surface area (TPSA) is 25.2 Å². The van der Waals surface area contributed by atoms with E-state index in [1.54, 1.807) is 6.07 Å². The van der Waals surface area contributed by atoms with Crippen LogP contribution < -0.4 is 0 Å². The number of aryl methyl sites for hydroxylation is 1. The van der Waals surface area contributed by atoms with Crippen molar-refractivity contribution in [1.29, 1.82) is 0 Å². The smallest absolute Gasteiger partial charge is 0.0481 e. The molecule has 0 saturated carbocycles. The molecule has 2 nitrogen and oxygen atoms in total. The van der Waals surface area contributed by atoms with E-state index >= 15 is 0 Å². The Morgan fingerprint density at radius 2 is 1.82 bits per heavy atom. The van der Waals surface area contributed by atoms with Gasteiger partial charge in [-0.05, 0) is 43.2 Å². The van der Waals surface area contributed by atoms with E-state index in [0.717, 1.165) is 24.2 Å². The zero-order chi connectivity index (χ0) is 12.3. The molecular formula is C13H13Cl2NO. The Balaban J connectivity index is 2.35. The van der Waals surface area contributed by atoms with Crippen molar-refractivity contribution in [3.8, 4) is 5.69 Å². The number of aliphatic hydroxyl groups excluding tert-OH is 1. The number of hydrogen-bond acceptors (Lipinski definition) is 1. The summed E-state index contributed by atoms with van der Waals surface area (Å²) in [5.41, 5.74) is 2.08. The van der Waals surface area contributed by atoms with Crippen LogP contribution in [0.2, 0.25) is 10.0 Å².